The molecular formula is C14H26O2Si. The molecule has 2 aliphatic rings. The molecule has 0 N–H and O–H groups in total. The average Bonchev–Trinajstić information content (AvgIpc) is 2.71. The highest BCUT2D eigenvalue weighted by Crippen LogP contribution is 2.47. The second-order valence-electron chi connectivity index (χ2n) is 7.45. The van der Waals surface area contributed by atoms with E-state index < -0.39 is 8.32 Å². The molecule has 0 heterocycles. The second kappa shape index (κ2) is 4.20. The molecule has 2 rings (SSSR count). The van der Waals surface area contributed by atoms with Crippen LogP contribution in [0.2, 0.25) is 18.1 Å². The molecule has 0 aromatic rings. The van der Waals surface area contributed by atoms with Crippen molar-refractivity contribution in [3.63, 3.8) is 0 Å². The summed E-state index contributed by atoms with van der Waals surface area (Å²) >= 11 is 0. The lowest BCUT2D eigenvalue weighted by Gasteiger charge is -2.37. The Bertz CT molecular complexity index is 317. The smallest absolute Gasteiger partial charge is 0.191 e. The maximum absolute atomic E-state index is 11.7. The van der Waals surface area contributed by atoms with E-state index in [1.807, 2.05) is 0 Å². The number of Topliss-reactive ketones (excluding diaryl/α,β-unsaturated/α-hetero) is 1. The summed E-state index contributed by atoms with van der Waals surface area (Å²) in [6.45, 7) is 12.2. The van der Waals surface area contributed by atoms with Gasteiger partial charge in [0.25, 0.3) is 0 Å². The van der Waals surface area contributed by atoms with E-state index >= 15 is 0 Å². The van der Waals surface area contributed by atoms with Crippen LogP contribution in [0, 0.1) is 17.8 Å². The van der Waals surface area contributed by atoms with Crippen molar-refractivity contribution >= 4 is 14.1 Å². The van der Waals surface area contributed by atoms with Crippen molar-refractivity contribution in [3.05, 3.63) is 0 Å². The van der Waals surface area contributed by atoms with Crippen LogP contribution in [0.4, 0.5) is 0 Å². The van der Waals surface area contributed by atoms with Gasteiger partial charge in [0.15, 0.2) is 8.32 Å². The predicted molar refractivity (Wildman–Crippen MR) is 72.5 cm³/mol. The van der Waals surface area contributed by atoms with Gasteiger partial charge in [0.05, 0.1) is 0 Å². The summed E-state index contributed by atoms with van der Waals surface area (Å²) in [6, 6.07) is 0. The quantitative estimate of drug-likeness (QED) is 0.719. The third-order valence-corrected chi connectivity index (χ3v) is 9.66. The van der Waals surface area contributed by atoms with Gasteiger partial charge in [-0.2, -0.15) is 0 Å². The number of carbonyl (C=O) groups is 1. The van der Waals surface area contributed by atoms with Gasteiger partial charge in [0, 0.05) is 18.9 Å². The van der Waals surface area contributed by atoms with Crippen molar-refractivity contribution in [2.24, 2.45) is 17.8 Å². The molecule has 2 nitrogen and oxygen atoms in total. The second-order valence-corrected chi connectivity index (χ2v) is 12.3. The van der Waals surface area contributed by atoms with Crippen molar-refractivity contribution in [1.29, 1.82) is 0 Å². The lowest BCUT2D eigenvalue weighted by Crippen LogP contribution is -2.42. The number of ketones is 1. The summed E-state index contributed by atoms with van der Waals surface area (Å²) in [5.41, 5.74) is 0. The van der Waals surface area contributed by atoms with Gasteiger partial charge in [-0.05, 0) is 42.8 Å². The minimum absolute atomic E-state index is 0.272. The number of rotatable bonds is 3. The average molecular weight is 254 g/mol. The maximum Gasteiger partial charge on any atom is 0.191 e. The Morgan fingerprint density at radius 2 is 1.94 bits per heavy atom. The highest BCUT2D eigenvalue weighted by molar-refractivity contribution is 6.74. The molecule has 0 aliphatic heterocycles. The van der Waals surface area contributed by atoms with E-state index in [9.17, 15) is 4.79 Å². The van der Waals surface area contributed by atoms with E-state index in [-0.39, 0.29) is 5.04 Å². The normalized spacial score (nSPS) is 33.5. The summed E-state index contributed by atoms with van der Waals surface area (Å²) in [7, 11) is -1.63. The Labute approximate surface area is 106 Å². The van der Waals surface area contributed by atoms with Gasteiger partial charge in [-0.1, -0.05) is 20.8 Å². The highest BCUT2D eigenvalue weighted by atomic mass is 28.4. The van der Waals surface area contributed by atoms with Gasteiger partial charge in [-0.25, -0.2) is 0 Å². The first-order chi connectivity index (χ1) is 7.71. The molecule has 0 aromatic heterocycles. The fourth-order valence-electron chi connectivity index (χ4n) is 2.95. The summed E-state index contributed by atoms with van der Waals surface area (Å²) < 4.78 is 6.27. The molecule has 0 aromatic carbocycles. The zero-order valence-electron chi connectivity index (χ0n) is 11.9. The Morgan fingerprint density at radius 1 is 1.29 bits per heavy atom. The van der Waals surface area contributed by atoms with Crippen molar-refractivity contribution in [3.8, 4) is 0 Å². The molecule has 98 valence electrons. The van der Waals surface area contributed by atoms with E-state index in [0.29, 0.717) is 23.5 Å². The lowest BCUT2D eigenvalue weighted by atomic mass is 9.89. The van der Waals surface area contributed by atoms with Crippen LogP contribution in [-0.2, 0) is 9.22 Å². The van der Waals surface area contributed by atoms with Crippen LogP contribution >= 0.6 is 0 Å². The van der Waals surface area contributed by atoms with Crippen LogP contribution in [-0.4, -0.2) is 20.7 Å². The number of fused-ring (bicyclic) bond motifs is 2. The SMILES string of the molecule is CC(C)(C)[Si](C)(C)OCC1C[C@H]2CC(=O)C1C2. The molecule has 2 fully saturated rings. The van der Waals surface area contributed by atoms with Gasteiger partial charge in [0.1, 0.15) is 5.78 Å². The molecule has 3 atom stereocenters. The first-order valence-electron chi connectivity index (χ1n) is 6.87. The molecule has 3 heteroatoms. The van der Waals surface area contributed by atoms with Crippen molar-refractivity contribution in [1.82, 2.24) is 0 Å². The van der Waals surface area contributed by atoms with Gasteiger partial charge in [-0.15, -0.1) is 0 Å². The summed E-state index contributed by atoms with van der Waals surface area (Å²) in [6.07, 6.45) is 3.22. The molecule has 0 saturated heterocycles. The van der Waals surface area contributed by atoms with Gasteiger partial charge in [0.2, 0.25) is 0 Å². The topological polar surface area (TPSA) is 26.3 Å². The van der Waals surface area contributed by atoms with Crippen LogP contribution in [0.15, 0.2) is 0 Å². The number of hydrogen-bond acceptors (Lipinski definition) is 2. The molecular weight excluding hydrogens is 228 g/mol. The Balaban J connectivity index is 1.90. The molecule has 0 amide bonds. The fraction of sp³-hybridized carbons (Fsp3) is 0.929. The molecule has 2 unspecified atom stereocenters. The van der Waals surface area contributed by atoms with Crippen LogP contribution in [0.25, 0.3) is 0 Å². The van der Waals surface area contributed by atoms with Crippen LogP contribution < -0.4 is 0 Å². The highest BCUT2D eigenvalue weighted by Gasteiger charge is 2.46. The van der Waals surface area contributed by atoms with Crippen molar-refractivity contribution in [2.45, 2.75) is 58.2 Å². The zero-order valence-corrected chi connectivity index (χ0v) is 12.9. The summed E-state index contributed by atoms with van der Waals surface area (Å²) in [5, 5.41) is 0.272. The van der Waals surface area contributed by atoms with E-state index in [1.54, 1.807) is 0 Å². The molecule has 2 saturated carbocycles. The lowest BCUT2D eigenvalue weighted by molar-refractivity contribution is -0.123. The Hall–Kier alpha value is -0.153. The van der Waals surface area contributed by atoms with E-state index in [1.165, 1.54) is 6.42 Å². The number of carbonyl (C=O) groups excluding carboxylic acids is 1. The van der Waals surface area contributed by atoms with Crippen molar-refractivity contribution in [2.75, 3.05) is 6.61 Å². The Morgan fingerprint density at radius 3 is 2.41 bits per heavy atom. The minimum atomic E-state index is -1.63. The van der Waals surface area contributed by atoms with Gasteiger partial charge >= 0.3 is 0 Å². The first-order valence-corrected chi connectivity index (χ1v) is 9.78. The molecule has 17 heavy (non-hydrogen) atoms. The Kier molecular flexibility index (Phi) is 3.28. The van der Waals surface area contributed by atoms with E-state index in [4.69, 9.17) is 4.43 Å². The van der Waals surface area contributed by atoms with Crippen molar-refractivity contribution < 1.29 is 9.22 Å². The third kappa shape index (κ3) is 2.50. The predicted octanol–water partition coefficient (Wildman–Crippen LogP) is 3.62. The molecule has 0 spiro atoms. The number of hydrogen-bond donors (Lipinski definition) is 0. The van der Waals surface area contributed by atoms with E-state index in [0.717, 1.165) is 19.4 Å². The monoisotopic (exact) mass is 254 g/mol. The first kappa shape index (κ1) is 13.3. The third-order valence-electron chi connectivity index (χ3n) is 5.16. The molecule has 2 bridgehead atoms. The minimum Gasteiger partial charge on any atom is -0.417 e. The van der Waals surface area contributed by atoms with Gasteiger partial charge < -0.3 is 4.43 Å². The fourth-order valence-corrected chi connectivity index (χ4v) is 4.02. The van der Waals surface area contributed by atoms with Gasteiger partial charge in [-0.3, -0.25) is 4.79 Å². The zero-order chi connectivity index (χ0) is 12.8. The van der Waals surface area contributed by atoms with Crippen LogP contribution in [0.5, 0.6) is 0 Å². The molecule has 2 aliphatic carbocycles. The summed E-state index contributed by atoms with van der Waals surface area (Å²) in [4.78, 5) is 11.7. The molecule has 0 radical (unpaired) electrons. The van der Waals surface area contributed by atoms with Crippen LogP contribution in [0.3, 0.4) is 0 Å². The van der Waals surface area contributed by atoms with E-state index in [2.05, 4.69) is 33.9 Å². The largest absolute Gasteiger partial charge is 0.417 e. The van der Waals surface area contributed by atoms with Crippen LogP contribution in [0.1, 0.15) is 40.0 Å². The standard InChI is InChI=1S/C14H26O2Si/c1-14(2,3)17(4,5)16-9-11-6-10-7-12(11)13(15)8-10/h10-12H,6-9H2,1-5H3/t10-,11?,12?/m1/s1. The maximum atomic E-state index is 11.7. The summed E-state index contributed by atoms with van der Waals surface area (Å²) in [5.74, 6) is 2.05.